The largest absolute Gasteiger partial charge is 0.416 e. The molecule has 0 atom stereocenters. The zero-order chi connectivity index (χ0) is 45.1. The molecule has 0 bridgehead atoms. The molecule has 0 spiro atoms. The van der Waals surface area contributed by atoms with Crippen LogP contribution in [0.25, 0.3) is 0 Å². The van der Waals surface area contributed by atoms with Crippen molar-refractivity contribution in [3.63, 3.8) is 0 Å². The molecule has 326 valence electrons. The smallest absolute Gasteiger partial charge is 0.294 e. The summed E-state index contributed by atoms with van der Waals surface area (Å²) in [6, 6.07) is 22.2. The quantitative estimate of drug-likeness (QED) is 0.126. The van der Waals surface area contributed by atoms with Crippen LogP contribution in [0.15, 0.2) is 72.8 Å². The molecule has 0 aromatic heterocycles. The Morgan fingerprint density at radius 1 is 0.600 bits per heavy atom. The van der Waals surface area contributed by atoms with Crippen molar-refractivity contribution in [3.8, 4) is 0 Å². The van der Waals surface area contributed by atoms with Crippen molar-refractivity contribution in [1.29, 1.82) is 0 Å². The molecule has 0 saturated heterocycles. The Labute approximate surface area is 365 Å². The zero-order valence-corrected chi connectivity index (χ0v) is 40.4. The number of benzene rings is 3. The second kappa shape index (κ2) is 21.6. The van der Waals surface area contributed by atoms with E-state index in [9.17, 15) is 28.8 Å². The van der Waals surface area contributed by atoms with Crippen molar-refractivity contribution in [2.45, 2.75) is 97.1 Å². The van der Waals surface area contributed by atoms with E-state index < -0.39 is 40.1 Å². The zero-order valence-electron chi connectivity index (χ0n) is 36.8. The lowest BCUT2D eigenvalue weighted by molar-refractivity contribution is -0.136. The Balaban J connectivity index is 0.000000223. The van der Waals surface area contributed by atoms with Crippen LogP contribution in [-0.4, -0.2) is 95.1 Å². The average molecular weight is 925 g/mol. The van der Waals surface area contributed by atoms with Gasteiger partial charge in [0.1, 0.15) is 0 Å². The second-order valence-corrected chi connectivity index (χ2v) is 28.1. The lowest BCUT2D eigenvalue weighted by Gasteiger charge is -2.37. The van der Waals surface area contributed by atoms with Gasteiger partial charge in [-0.15, -0.1) is 0 Å². The topological polar surface area (TPSA) is 160 Å². The van der Waals surface area contributed by atoms with Crippen LogP contribution >= 0.6 is 15.9 Å². The van der Waals surface area contributed by atoms with Crippen LogP contribution < -0.4 is 15.1 Å². The predicted molar refractivity (Wildman–Crippen MR) is 246 cm³/mol. The highest BCUT2D eigenvalue weighted by Gasteiger charge is 2.38. The maximum Gasteiger partial charge on any atom is 0.294 e. The minimum absolute atomic E-state index is 0.132. The fourth-order valence-electron chi connectivity index (χ4n) is 5.77. The highest BCUT2D eigenvalue weighted by Crippen LogP contribution is 2.37. The van der Waals surface area contributed by atoms with Gasteiger partial charge in [0.15, 0.2) is 16.6 Å². The van der Waals surface area contributed by atoms with Crippen molar-refractivity contribution in [2.24, 2.45) is 0 Å². The summed E-state index contributed by atoms with van der Waals surface area (Å²) in [6.07, 6.45) is 0.591. The van der Waals surface area contributed by atoms with Crippen molar-refractivity contribution in [2.75, 3.05) is 53.4 Å². The van der Waals surface area contributed by atoms with Gasteiger partial charge in [-0.2, -0.15) is 0 Å². The number of carbonyl (C=O) groups excluding carboxylic acids is 6. The average Bonchev–Trinajstić information content (AvgIpc) is 3.17. The summed E-state index contributed by atoms with van der Waals surface area (Å²) in [4.78, 5) is 71.7. The number of nitrogens with one attached hydrogen (secondary N) is 1. The Hall–Kier alpha value is -4.13. The van der Waals surface area contributed by atoms with Crippen LogP contribution in [0.5, 0.6) is 0 Å². The molecule has 3 aliphatic rings. The third-order valence-corrected chi connectivity index (χ3v) is 20.8. The molecule has 2 N–H and O–H groups in total. The third-order valence-electron chi connectivity index (χ3n) is 11.4. The van der Waals surface area contributed by atoms with Gasteiger partial charge in [-0.05, 0) is 71.2 Å². The van der Waals surface area contributed by atoms with Gasteiger partial charge in [0.05, 0.1) is 13.2 Å². The molecule has 0 fully saturated rings. The summed E-state index contributed by atoms with van der Waals surface area (Å²) < 4.78 is 12.0. The van der Waals surface area contributed by atoms with Crippen LogP contribution in [0, 0.1) is 0 Å². The number of ketones is 3. The predicted octanol–water partition coefficient (Wildman–Crippen LogP) is 7.46. The standard InChI is InChI=1S/C17H25NO3Si.C11H11NO3.C9H7NO2.C8H19BrOSi/c1-17(2,3)22(4,5)21-11-10-18-14-9-7-6-8-13(14)12-15(19)16(18)20;13-6-5-12-9-4-2-1-3-8(9)7-10(14)11(12)15;11-8-5-6-3-1-2-4-7(6)10-9(8)12;1-8(2,3)11(4,5)10-7-6-9/h6-9H,10-12H2,1-5H3;1-4,13H,5-7H2;1-4H,5H2,(H,10,12);6-7H2,1-5H3. The number of hydrogen-bond donors (Lipinski definition) is 2. The molecule has 6 rings (SSSR count). The fraction of sp³-hybridized carbons (Fsp3) is 0.467. The SMILES string of the molecule is CC(C)(C)[Si](C)(C)OCCBr.CC(C)(C)[Si](C)(C)OCCN1C(=O)C(=O)Cc2ccccc21.O=C1Cc2ccccc2N(CCO)C1=O.O=C1Cc2ccccc2NC1=O. The monoisotopic (exact) mass is 923 g/mol. The number of β-amino-alcohol motifs (C(OH)–C–C–N with tert-alkyl or cyclic N) is 1. The molecule has 60 heavy (non-hydrogen) atoms. The molecule has 3 aromatic carbocycles. The van der Waals surface area contributed by atoms with E-state index in [2.05, 4.69) is 89.0 Å². The van der Waals surface area contributed by atoms with Crippen molar-refractivity contribution in [1.82, 2.24) is 0 Å². The summed E-state index contributed by atoms with van der Waals surface area (Å²) in [5.74, 6) is -2.57. The minimum Gasteiger partial charge on any atom is -0.416 e. The van der Waals surface area contributed by atoms with E-state index in [1.54, 1.807) is 17.0 Å². The van der Waals surface area contributed by atoms with Crippen LogP contribution in [-0.2, 0) is 56.9 Å². The highest BCUT2D eigenvalue weighted by molar-refractivity contribution is 9.09. The molecule has 0 unspecified atom stereocenters. The highest BCUT2D eigenvalue weighted by atomic mass is 79.9. The number of Topliss-reactive ketones (excluding diaryl/α,β-unsaturated/α-hetero) is 3. The van der Waals surface area contributed by atoms with Gasteiger partial charge in [0.25, 0.3) is 17.7 Å². The summed E-state index contributed by atoms with van der Waals surface area (Å²) in [5.41, 5.74) is 4.97. The van der Waals surface area contributed by atoms with Gasteiger partial charge in [0.2, 0.25) is 17.3 Å². The van der Waals surface area contributed by atoms with Gasteiger partial charge in [-0.25, -0.2) is 0 Å². The maximum absolute atomic E-state index is 12.2. The number of anilines is 3. The Morgan fingerprint density at radius 2 is 1.00 bits per heavy atom. The molecule has 12 nitrogen and oxygen atoms in total. The molecule has 3 aliphatic heterocycles. The first-order valence-electron chi connectivity index (χ1n) is 20.2. The van der Waals surface area contributed by atoms with E-state index in [-0.39, 0.29) is 49.0 Å². The van der Waals surface area contributed by atoms with E-state index in [4.69, 9.17) is 14.0 Å². The van der Waals surface area contributed by atoms with Crippen molar-refractivity contribution >= 4 is 84.7 Å². The first-order valence-corrected chi connectivity index (χ1v) is 27.1. The molecule has 0 aliphatic carbocycles. The van der Waals surface area contributed by atoms with E-state index in [1.165, 1.54) is 4.90 Å². The van der Waals surface area contributed by atoms with Crippen LogP contribution in [0.4, 0.5) is 17.1 Å². The van der Waals surface area contributed by atoms with Gasteiger partial charge in [-0.1, -0.05) is 112 Å². The fourth-order valence-corrected chi connectivity index (χ4v) is 8.31. The number of aliphatic hydroxyl groups is 1. The lowest BCUT2D eigenvalue weighted by Crippen LogP contribution is -2.46. The van der Waals surface area contributed by atoms with Crippen LogP contribution in [0.2, 0.25) is 36.3 Å². The number of halogens is 1. The van der Waals surface area contributed by atoms with Gasteiger partial charge in [-0.3, -0.25) is 28.8 Å². The van der Waals surface area contributed by atoms with E-state index >= 15 is 0 Å². The lowest BCUT2D eigenvalue weighted by atomic mass is 10.0. The molecule has 0 saturated carbocycles. The number of rotatable bonds is 9. The Kier molecular flexibility index (Phi) is 18.1. The number of fused-ring (bicyclic) bond motifs is 3. The minimum atomic E-state index is -1.84. The van der Waals surface area contributed by atoms with Crippen LogP contribution in [0.1, 0.15) is 58.2 Å². The Bertz CT molecular complexity index is 1990. The van der Waals surface area contributed by atoms with Crippen LogP contribution in [0.3, 0.4) is 0 Å². The number of nitrogens with zero attached hydrogens (tertiary/aromatic N) is 2. The molecule has 15 heteroatoms. The maximum atomic E-state index is 12.2. The summed E-state index contributed by atoms with van der Waals surface area (Å²) in [5, 5.41) is 12.8. The number of carbonyl (C=O) groups is 6. The van der Waals surface area contributed by atoms with Gasteiger partial charge < -0.3 is 29.1 Å². The molecule has 0 radical (unpaired) electrons. The van der Waals surface area contributed by atoms with E-state index in [1.807, 2.05) is 60.7 Å². The third kappa shape index (κ3) is 13.4. The number of hydrogen-bond acceptors (Lipinski definition) is 9. The molecular weight excluding hydrogens is 863 g/mol. The first kappa shape index (κ1) is 50.2. The number of amides is 3. The summed E-state index contributed by atoms with van der Waals surface area (Å²) >= 11 is 3.37. The second-order valence-electron chi connectivity index (χ2n) is 17.7. The first-order chi connectivity index (χ1) is 28.0. The van der Waals surface area contributed by atoms with Gasteiger partial charge in [0, 0.05) is 61.4 Å². The van der Waals surface area contributed by atoms with E-state index in [0.717, 1.165) is 45.7 Å². The van der Waals surface area contributed by atoms with Crippen molar-refractivity contribution < 1.29 is 42.7 Å². The number of alkyl halides is 1. The van der Waals surface area contributed by atoms with Gasteiger partial charge >= 0.3 is 0 Å². The number of para-hydroxylation sites is 3. The normalized spacial score (nSPS) is 15.3. The molecular formula is C45H62BrN3O9Si2. The molecule has 3 aromatic rings. The van der Waals surface area contributed by atoms with Crippen molar-refractivity contribution in [3.05, 3.63) is 89.5 Å². The number of aliphatic hydroxyl groups excluding tert-OH is 1. The molecule has 3 heterocycles. The molecule has 3 amide bonds. The Morgan fingerprint density at radius 3 is 1.45 bits per heavy atom. The summed E-state index contributed by atoms with van der Waals surface area (Å²) in [7, 11) is -3.30. The summed E-state index contributed by atoms with van der Waals surface area (Å²) in [6.45, 7) is 24.0. The van der Waals surface area contributed by atoms with E-state index in [0.29, 0.717) is 18.2 Å².